The number of rotatable bonds is 5. The standard InChI is InChI=1S/C12H15N3O4S/c16-15(17)8-1-3-9(4-2-8)20(18,19)14-7-12-10-5-13-6-11(10)12/h1-4,10-14H,5-7H2. The van der Waals surface area contributed by atoms with Gasteiger partial charge in [-0.05, 0) is 43.0 Å². The van der Waals surface area contributed by atoms with Crippen LogP contribution in [0.1, 0.15) is 0 Å². The fraction of sp³-hybridized carbons (Fsp3) is 0.500. The number of benzene rings is 1. The van der Waals surface area contributed by atoms with Gasteiger partial charge >= 0.3 is 0 Å². The maximum atomic E-state index is 12.1. The van der Waals surface area contributed by atoms with Crippen molar-refractivity contribution in [3.05, 3.63) is 34.4 Å². The Morgan fingerprint density at radius 3 is 2.40 bits per heavy atom. The Morgan fingerprint density at radius 2 is 1.85 bits per heavy atom. The first-order valence-corrected chi connectivity index (χ1v) is 7.92. The first-order chi connectivity index (χ1) is 9.49. The molecule has 108 valence electrons. The molecule has 1 aromatic rings. The Labute approximate surface area is 116 Å². The third-order valence-electron chi connectivity index (χ3n) is 4.14. The molecule has 2 fully saturated rings. The normalized spacial score (nSPS) is 28.1. The minimum Gasteiger partial charge on any atom is -0.316 e. The van der Waals surface area contributed by atoms with Crippen LogP contribution in [0, 0.1) is 27.9 Å². The van der Waals surface area contributed by atoms with Crippen LogP contribution in [0.3, 0.4) is 0 Å². The van der Waals surface area contributed by atoms with Gasteiger partial charge in [-0.15, -0.1) is 0 Å². The Hall–Kier alpha value is -1.51. The van der Waals surface area contributed by atoms with Crippen LogP contribution in [0.15, 0.2) is 29.2 Å². The Balaban J connectivity index is 1.64. The third-order valence-corrected chi connectivity index (χ3v) is 5.58. The predicted octanol–water partition coefficient (Wildman–Crippen LogP) is 0.339. The molecule has 1 aliphatic heterocycles. The largest absolute Gasteiger partial charge is 0.316 e. The monoisotopic (exact) mass is 297 g/mol. The second-order valence-corrected chi connectivity index (χ2v) is 7.02. The van der Waals surface area contributed by atoms with Crippen LogP contribution in [0.4, 0.5) is 5.69 Å². The fourth-order valence-corrected chi connectivity index (χ4v) is 3.96. The van der Waals surface area contributed by atoms with Crippen LogP contribution < -0.4 is 10.0 Å². The number of sulfonamides is 1. The van der Waals surface area contributed by atoms with Gasteiger partial charge in [-0.25, -0.2) is 13.1 Å². The summed E-state index contributed by atoms with van der Waals surface area (Å²) in [4.78, 5) is 10.0. The van der Waals surface area contributed by atoms with Gasteiger partial charge in [-0.1, -0.05) is 0 Å². The molecular weight excluding hydrogens is 282 g/mol. The van der Waals surface area contributed by atoms with Crippen LogP contribution in [-0.2, 0) is 10.0 Å². The molecule has 0 aromatic heterocycles. The predicted molar refractivity (Wildman–Crippen MR) is 71.6 cm³/mol. The number of hydrogen-bond donors (Lipinski definition) is 2. The molecule has 2 N–H and O–H groups in total. The zero-order valence-corrected chi connectivity index (χ0v) is 11.5. The molecule has 1 aliphatic carbocycles. The van der Waals surface area contributed by atoms with Crippen LogP contribution in [0.2, 0.25) is 0 Å². The van der Waals surface area contributed by atoms with Gasteiger partial charge in [-0.3, -0.25) is 10.1 Å². The van der Waals surface area contributed by atoms with Gasteiger partial charge in [0.1, 0.15) is 0 Å². The summed E-state index contributed by atoms with van der Waals surface area (Å²) < 4.78 is 26.7. The summed E-state index contributed by atoms with van der Waals surface area (Å²) in [6, 6.07) is 4.92. The SMILES string of the molecule is O=[N+]([O-])c1ccc(S(=O)(=O)NCC2C3CNCC32)cc1. The summed E-state index contributed by atoms with van der Waals surface area (Å²) in [5.74, 6) is 1.60. The molecule has 7 nitrogen and oxygen atoms in total. The molecule has 2 atom stereocenters. The van der Waals surface area contributed by atoms with Crippen molar-refractivity contribution in [3.63, 3.8) is 0 Å². The number of nitro benzene ring substituents is 1. The van der Waals surface area contributed by atoms with Crippen LogP contribution >= 0.6 is 0 Å². The van der Waals surface area contributed by atoms with E-state index in [0.717, 1.165) is 13.1 Å². The van der Waals surface area contributed by atoms with Crippen molar-refractivity contribution in [2.45, 2.75) is 4.90 Å². The second kappa shape index (κ2) is 4.80. The van der Waals surface area contributed by atoms with Crippen LogP contribution in [-0.4, -0.2) is 33.0 Å². The van der Waals surface area contributed by atoms with E-state index in [4.69, 9.17) is 0 Å². The smallest absolute Gasteiger partial charge is 0.269 e. The van der Waals surface area contributed by atoms with Crippen LogP contribution in [0.25, 0.3) is 0 Å². The number of nitrogens with one attached hydrogen (secondary N) is 2. The van der Waals surface area contributed by atoms with E-state index in [0.29, 0.717) is 24.3 Å². The van der Waals surface area contributed by atoms with Crippen molar-refractivity contribution in [3.8, 4) is 0 Å². The summed E-state index contributed by atoms with van der Waals surface area (Å²) in [6.45, 7) is 2.37. The summed E-state index contributed by atoms with van der Waals surface area (Å²) in [7, 11) is -3.58. The summed E-state index contributed by atoms with van der Waals surface area (Å²) in [6.07, 6.45) is 0. The van der Waals surface area contributed by atoms with Crippen molar-refractivity contribution in [2.75, 3.05) is 19.6 Å². The van der Waals surface area contributed by atoms with E-state index in [1.807, 2.05) is 0 Å². The lowest BCUT2D eigenvalue weighted by Gasteiger charge is -2.08. The van der Waals surface area contributed by atoms with E-state index in [1.54, 1.807) is 0 Å². The first kappa shape index (κ1) is 13.5. The van der Waals surface area contributed by atoms with Gasteiger partial charge in [0, 0.05) is 18.7 Å². The molecule has 1 saturated heterocycles. The highest BCUT2D eigenvalue weighted by atomic mass is 32.2. The second-order valence-electron chi connectivity index (χ2n) is 5.25. The molecule has 0 bridgehead atoms. The van der Waals surface area contributed by atoms with Crippen molar-refractivity contribution in [1.29, 1.82) is 0 Å². The zero-order valence-electron chi connectivity index (χ0n) is 10.7. The maximum absolute atomic E-state index is 12.1. The molecule has 0 spiro atoms. The van der Waals surface area contributed by atoms with E-state index in [9.17, 15) is 18.5 Å². The summed E-state index contributed by atoms with van der Waals surface area (Å²) in [5, 5.41) is 13.8. The minimum absolute atomic E-state index is 0.0621. The molecule has 0 amide bonds. The first-order valence-electron chi connectivity index (χ1n) is 6.44. The van der Waals surface area contributed by atoms with Crippen LogP contribution in [0.5, 0.6) is 0 Å². The van der Waals surface area contributed by atoms with Crippen molar-refractivity contribution < 1.29 is 13.3 Å². The quantitative estimate of drug-likeness (QED) is 0.603. The average Bonchev–Trinajstić information content (AvgIpc) is 2.85. The third kappa shape index (κ3) is 2.41. The molecule has 1 heterocycles. The lowest BCUT2D eigenvalue weighted by Crippen LogP contribution is -2.28. The Kier molecular flexibility index (Phi) is 3.23. The number of fused-ring (bicyclic) bond motifs is 1. The topological polar surface area (TPSA) is 101 Å². The van der Waals surface area contributed by atoms with Crippen molar-refractivity contribution in [1.82, 2.24) is 10.0 Å². The Morgan fingerprint density at radius 1 is 1.25 bits per heavy atom. The number of nitro groups is 1. The minimum atomic E-state index is -3.58. The zero-order chi connectivity index (χ0) is 14.3. The molecular formula is C12H15N3O4S. The molecule has 8 heteroatoms. The van der Waals surface area contributed by atoms with Gasteiger partial charge in [0.25, 0.3) is 5.69 Å². The maximum Gasteiger partial charge on any atom is 0.269 e. The molecule has 0 radical (unpaired) electrons. The number of nitrogens with zero attached hydrogens (tertiary/aromatic N) is 1. The molecule has 20 heavy (non-hydrogen) atoms. The number of piperidine rings is 1. The van der Waals surface area contributed by atoms with E-state index >= 15 is 0 Å². The average molecular weight is 297 g/mol. The van der Waals surface area contributed by atoms with E-state index in [2.05, 4.69) is 10.0 Å². The highest BCUT2D eigenvalue weighted by molar-refractivity contribution is 7.89. The molecule has 1 aromatic carbocycles. The van der Waals surface area contributed by atoms with Crippen molar-refractivity contribution in [2.24, 2.45) is 17.8 Å². The number of hydrogen-bond acceptors (Lipinski definition) is 5. The van der Waals surface area contributed by atoms with Gasteiger partial charge in [0.2, 0.25) is 10.0 Å². The molecule has 3 rings (SSSR count). The highest BCUT2D eigenvalue weighted by Crippen LogP contribution is 2.48. The van der Waals surface area contributed by atoms with Crippen molar-refractivity contribution >= 4 is 15.7 Å². The summed E-state index contributed by atoms with van der Waals surface area (Å²) in [5.41, 5.74) is -0.119. The van der Waals surface area contributed by atoms with E-state index in [-0.39, 0.29) is 10.6 Å². The van der Waals surface area contributed by atoms with Gasteiger partial charge in [0.05, 0.1) is 9.82 Å². The van der Waals surface area contributed by atoms with Gasteiger partial charge in [-0.2, -0.15) is 0 Å². The number of non-ortho nitro benzene ring substituents is 1. The fourth-order valence-electron chi connectivity index (χ4n) is 2.89. The van der Waals surface area contributed by atoms with E-state index in [1.165, 1.54) is 24.3 Å². The highest BCUT2D eigenvalue weighted by Gasteiger charge is 2.52. The van der Waals surface area contributed by atoms with E-state index < -0.39 is 14.9 Å². The van der Waals surface area contributed by atoms with Gasteiger partial charge in [0.15, 0.2) is 0 Å². The Bertz CT molecular complexity index is 619. The molecule has 2 aliphatic rings. The lowest BCUT2D eigenvalue weighted by molar-refractivity contribution is -0.384. The lowest BCUT2D eigenvalue weighted by atomic mass is 10.3. The molecule has 1 saturated carbocycles. The van der Waals surface area contributed by atoms with Gasteiger partial charge < -0.3 is 5.32 Å². The molecule has 2 unspecified atom stereocenters. The summed E-state index contributed by atoms with van der Waals surface area (Å²) >= 11 is 0.